The Morgan fingerprint density at radius 1 is 1.10 bits per heavy atom. The van der Waals surface area contributed by atoms with Gasteiger partial charge in [-0.1, -0.05) is 36.4 Å². The highest BCUT2D eigenvalue weighted by Gasteiger charge is 2.29. The van der Waals surface area contributed by atoms with Gasteiger partial charge in [-0.05, 0) is 69.0 Å². The van der Waals surface area contributed by atoms with E-state index in [1.54, 1.807) is 7.11 Å². The first-order valence-electron chi connectivity index (χ1n) is 10.9. The molecule has 1 aliphatic heterocycles. The summed E-state index contributed by atoms with van der Waals surface area (Å²) in [5.74, 6) is 1.97. The number of carbonyl (C=O) groups excluding carboxylic acids is 1. The molecule has 0 atom stereocenters. The number of piperidine rings is 1. The SMILES string of the molecule is COc1cc2c(cc1OC(C)C)C(=O)C(=CC1CCN(Cc3ccccc3)CC1)C2. The molecule has 158 valence electrons. The number of Topliss-reactive ketones (excluding diaryl/α,β-unsaturated/α-hetero) is 1. The summed E-state index contributed by atoms with van der Waals surface area (Å²) in [6, 6.07) is 14.5. The van der Waals surface area contributed by atoms with E-state index in [0.29, 0.717) is 23.8 Å². The Bertz CT molecular complexity index is 925. The average molecular weight is 406 g/mol. The van der Waals surface area contributed by atoms with Crippen LogP contribution in [-0.4, -0.2) is 37.0 Å². The van der Waals surface area contributed by atoms with Crippen LogP contribution in [0.1, 0.15) is 48.2 Å². The van der Waals surface area contributed by atoms with Gasteiger partial charge in [0.2, 0.25) is 0 Å². The number of hydrogen-bond donors (Lipinski definition) is 0. The van der Waals surface area contributed by atoms with Crippen LogP contribution < -0.4 is 9.47 Å². The van der Waals surface area contributed by atoms with Gasteiger partial charge in [-0.25, -0.2) is 0 Å². The van der Waals surface area contributed by atoms with Crippen molar-refractivity contribution in [3.05, 3.63) is 70.8 Å². The van der Waals surface area contributed by atoms with Crippen molar-refractivity contribution >= 4 is 5.78 Å². The number of likely N-dealkylation sites (tertiary alicyclic amines) is 1. The lowest BCUT2D eigenvalue weighted by Gasteiger charge is -2.30. The number of nitrogens with zero attached hydrogens (tertiary/aromatic N) is 1. The van der Waals surface area contributed by atoms with Crippen molar-refractivity contribution in [3.63, 3.8) is 0 Å². The number of fused-ring (bicyclic) bond motifs is 1. The number of carbonyl (C=O) groups is 1. The fourth-order valence-corrected chi connectivity index (χ4v) is 4.46. The highest BCUT2D eigenvalue weighted by atomic mass is 16.5. The maximum absolute atomic E-state index is 13.0. The molecule has 1 heterocycles. The molecule has 0 unspecified atom stereocenters. The van der Waals surface area contributed by atoms with Crippen LogP contribution in [0.5, 0.6) is 11.5 Å². The normalized spacial score (nSPS) is 18.8. The molecule has 0 amide bonds. The smallest absolute Gasteiger partial charge is 0.189 e. The number of ketones is 1. The lowest BCUT2D eigenvalue weighted by Crippen LogP contribution is -2.32. The fraction of sp³-hybridized carbons (Fsp3) is 0.423. The van der Waals surface area contributed by atoms with Gasteiger partial charge in [-0.3, -0.25) is 9.69 Å². The van der Waals surface area contributed by atoms with Gasteiger partial charge < -0.3 is 9.47 Å². The number of hydrogen-bond acceptors (Lipinski definition) is 4. The van der Waals surface area contributed by atoms with E-state index in [4.69, 9.17) is 9.47 Å². The van der Waals surface area contributed by atoms with Crippen LogP contribution in [0.15, 0.2) is 54.1 Å². The molecular weight excluding hydrogens is 374 g/mol. The summed E-state index contributed by atoms with van der Waals surface area (Å²) >= 11 is 0. The molecule has 0 bridgehead atoms. The molecule has 0 N–H and O–H groups in total. The van der Waals surface area contributed by atoms with Crippen molar-refractivity contribution in [3.8, 4) is 11.5 Å². The second kappa shape index (κ2) is 9.05. The average Bonchev–Trinajstić information content (AvgIpc) is 3.04. The van der Waals surface area contributed by atoms with Crippen LogP contribution in [-0.2, 0) is 13.0 Å². The van der Waals surface area contributed by atoms with E-state index in [2.05, 4.69) is 41.3 Å². The molecule has 1 fully saturated rings. The van der Waals surface area contributed by atoms with Crippen molar-refractivity contribution in [2.45, 2.75) is 45.8 Å². The second-order valence-electron chi connectivity index (χ2n) is 8.62. The molecule has 0 spiro atoms. The quantitative estimate of drug-likeness (QED) is 0.630. The van der Waals surface area contributed by atoms with Crippen molar-refractivity contribution in [2.24, 2.45) is 5.92 Å². The first-order valence-corrected chi connectivity index (χ1v) is 10.9. The zero-order valence-corrected chi connectivity index (χ0v) is 18.2. The minimum Gasteiger partial charge on any atom is -0.493 e. The van der Waals surface area contributed by atoms with E-state index in [1.165, 1.54) is 5.56 Å². The number of methoxy groups -OCH3 is 1. The Labute approximate surface area is 179 Å². The van der Waals surface area contributed by atoms with Crippen LogP contribution in [0.4, 0.5) is 0 Å². The molecule has 2 aromatic carbocycles. The van der Waals surface area contributed by atoms with Gasteiger partial charge >= 0.3 is 0 Å². The lowest BCUT2D eigenvalue weighted by molar-refractivity contribution is 0.103. The zero-order valence-electron chi connectivity index (χ0n) is 18.2. The summed E-state index contributed by atoms with van der Waals surface area (Å²) in [5, 5.41) is 0. The van der Waals surface area contributed by atoms with Crippen LogP contribution in [0.2, 0.25) is 0 Å². The highest BCUT2D eigenvalue weighted by molar-refractivity contribution is 6.13. The minimum absolute atomic E-state index is 0.0320. The predicted molar refractivity (Wildman–Crippen MR) is 119 cm³/mol. The Kier molecular flexibility index (Phi) is 6.24. The molecule has 4 heteroatoms. The van der Waals surface area contributed by atoms with Crippen LogP contribution in [0, 0.1) is 5.92 Å². The van der Waals surface area contributed by atoms with Gasteiger partial charge in [0.05, 0.1) is 13.2 Å². The van der Waals surface area contributed by atoms with Gasteiger partial charge in [0.25, 0.3) is 0 Å². The largest absolute Gasteiger partial charge is 0.493 e. The molecule has 1 saturated heterocycles. The molecule has 2 aliphatic rings. The fourth-order valence-electron chi connectivity index (χ4n) is 4.46. The molecule has 2 aromatic rings. The van der Waals surface area contributed by atoms with Crippen molar-refractivity contribution < 1.29 is 14.3 Å². The van der Waals surface area contributed by atoms with Gasteiger partial charge in [-0.15, -0.1) is 0 Å². The third-order valence-electron chi connectivity index (χ3n) is 5.99. The maximum Gasteiger partial charge on any atom is 0.189 e. The number of allylic oxidation sites excluding steroid dienone is 2. The van der Waals surface area contributed by atoms with Crippen LogP contribution in [0.3, 0.4) is 0 Å². The molecule has 1 aliphatic carbocycles. The molecule has 0 radical (unpaired) electrons. The summed E-state index contributed by atoms with van der Waals surface area (Å²) in [5.41, 5.74) is 4.10. The van der Waals surface area contributed by atoms with Gasteiger partial charge in [0.1, 0.15) is 0 Å². The van der Waals surface area contributed by atoms with E-state index in [9.17, 15) is 4.79 Å². The Morgan fingerprint density at radius 2 is 1.83 bits per heavy atom. The van der Waals surface area contributed by atoms with E-state index in [0.717, 1.165) is 49.2 Å². The summed E-state index contributed by atoms with van der Waals surface area (Å²) < 4.78 is 11.3. The van der Waals surface area contributed by atoms with Gasteiger partial charge in [0.15, 0.2) is 17.3 Å². The molecular formula is C26H31NO3. The van der Waals surface area contributed by atoms with Crippen molar-refractivity contribution in [1.29, 1.82) is 0 Å². The van der Waals surface area contributed by atoms with E-state index < -0.39 is 0 Å². The molecule has 30 heavy (non-hydrogen) atoms. The summed E-state index contributed by atoms with van der Waals surface area (Å²) in [7, 11) is 1.64. The molecule has 0 saturated carbocycles. The summed E-state index contributed by atoms with van der Waals surface area (Å²) in [4.78, 5) is 15.5. The zero-order chi connectivity index (χ0) is 21.1. The number of ether oxygens (including phenoxy) is 2. The third-order valence-corrected chi connectivity index (χ3v) is 5.99. The maximum atomic E-state index is 13.0. The summed E-state index contributed by atoms with van der Waals surface area (Å²) in [6.07, 6.45) is 5.16. The third kappa shape index (κ3) is 4.59. The molecule has 0 aromatic heterocycles. The monoisotopic (exact) mass is 405 g/mol. The van der Waals surface area contributed by atoms with Crippen LogP contribution >= 0.6 is 0 Å². The van der Waals surface area contributed by atoms with Crippen molar-refractivity contribution in [1.82, 2.24) is 4.90 Å². The van der Waals surface area contributed by atoms with Gasteiger partial charge in [0, 0.05) is 24.1 Å². The molecule has 4 nitrogen and oxygen atoms in total. The number of rotatable bonds is 6. The number of benzene rings is 2. The molecule has 4 rings (SSSR count). The Morgan fingerprint density at radius 3 is 2.50 bits per heavy atom. The van der Waals surface area contributed by atoms with E-state index in [1.807, 2.05) is 26.0 Å². The lowest BCUT2D eigenvalue weighted by atomic mass is 9.93. The Balaban J connectivity index is 1.42. The second-order valence-corrected chi connectivity index (χ2v) is 8.62. The minimum atomic E-state index is 0.0320. The van der Waals surface area contributed by atoms with Crippen molar-refractivity contribution in [2.75, 3.05) is 20.2 Å². The topological polar surface area (TPSA) is 38.8 Å². The van der Waals surface area contributed by atoms with E-state index >= 15 is 0 Å². The summed E-state index contributed by atoms with van der Waals surface area (Å²) in [6.45, 7) is 7.11. The van der Waals surface area contributed by atoms with E-state index in [-0.39, 0.29) is 11.9 Å². The Hall–Kier alpha value is -2.59. The standard InChI is InChI=1S/C26H31NO3/c1-18(2)30-25-16-23-21(15-24(25)29-3)14-22(26(23)28)13-19-9-11-27(12-10-19)17-20-7-5-4-6-8-20/h4-8,13,15-16,18-19H,9-12,14,17H2,1-3H3. The first kappa shape index (κ1) is 20.7. The first-order chi connectivity index (χ1) is 14.5. The predicted octanol–water partition coefficient (Wildman–Crippen LogP) is 5.06. The highest BCUT2D eigenvalue weighted by Crippen LogP contribution is 2.38. The van der Waals surface area contributed by atoms with Crippen LogP contribution in [0.25, 0.3) is 0 Å². The van der Waals surface area contributed by atoms with Gasteiger partial charge in [-0.2, -0.15) is 0 Å².